The van der Waals surface area contributed by atoms with Crippen LogP contribution in [0.2, 0.25) is 0 Å². The number of nitrogens with zero attached hydrogens (tertiary/aromatic N) is 1. The lowest BCUT2D eigenvalue weighted by molar-refractivity contribution is -0.155. The minimum Gasteiger partial charge on any atom is -0.363 e. The maximum absolute atomic E-state index is 14.0. The van der Waals surface area contributed by atoms with Crippen LogP contribution < -0.4 is 21.7 Å². The maximum Gasteiger partial charge on any atom is 0.391 e. The summed E-state index contributed by atoms with van der Waals surface area (Å²) in [6, 6.07) is -4.82. The van der Waals surface area contributed by atoms with Gasteiger partial charge in [0.2, 0.25) is 17.6 Å². The molecule has 5 amide bonds. The Morgan fingerprint density at radius 1 is 1.00 bits per heavy atom. The van der Waals surface area contributed by atoms with Crippen LogP contribution in [0.3, 0.4) is 0 Å². The Bertz CT molecular complexity index is 1000. The number of halogens is 3. The normalized spacial score (nSPS) is 26.2. The summed E-state index contributed by atoms with van der Waals surface area (Å²) in [5.74, 6) is -5.20. The van der Waals surface area contributed by atoms with Gasteiger partial charge >= 0.3 is 12.2 Å². The largest absolute Gasteiger partial charge is 0.391 e. The molecule has 1 aliphatic heterocycles. The Hall–Kier alpha value is -2.86. The van der Waals surface area contributed by atoms with Crippen molar-refractivity contribution < 1.29 is 37.1 Å². The third-order valence-corrected chi connectivity index (χ3v) is 8.23. The van der Waals surface area contributed by atoms with Crippen LogP contribution in [0.1, 0.15) is 73.1 Å². The first-order valence-electron chi connectivity index (χ1n) is 13.4. The van der Waals surface area contributed by atoms with E-state index in [1.54, 1.807) is 20.8 Å². The Labute approximate surface area is 226 Å². The van der Waals surface area contributed by atoms with Crippen molar-refractivity contribution in [1.29, 1.82) is 0 Å². The highest BCUT2D eigenvalue weighted by Crippen LogP contribution is 2.65. The molecule has 220 valence electrons. The second-order valence-corrected chi connectivity index (χ2v) is 12.7. The van der Waals surface area contributed by atoms with Gasteiger partial charge in [0.1, 0.15) is 18.1 Å². The summed E-state index contributed by atoms with van der Waals surface area (Å²) >= 11 is 0. The second kappa shape index (κ2) is 11.0. The average molecular weight is 560 g/mol. The Morgan fingerprint density at radius 3 is 2.10 bits per heavy atom. The zero-order chi connectivity index (χ0) is 29.5. The second-order valence-electron chi connectivity index (χ2n) is 12.7. The van der Waals surface area contributed by atoms with Gasteiger partial charge < -0.3 is 26.6 Å². The SMILES string of the molecule is CC(C)(C)NC(=O)N[C@H](C(=O)N1C[C@H]2[C@@H]([C@H]1C(=O)NC(CC(F)(F)F)C(=O)C(N)=O)C2(C)C)C1CCCCC1. The van der Waals surface area contributed by atoms with Gasteiger partial charge in [-0.05, 0) is 56.8 Å². The summed E-state index contributed by atoms with van der Waals surface area (Å²) in [6.45, 7) is 9.38. The summed E-state index contributed by atoms with van der Waals surface area (Å²) in [7, 11) is 0. The first-order valence-corrected chi connectivity index (χ1v) is 13.4. The minimum absolute atomic E-state index is 0.0829. The van der Waals surface area contributed by atoms with Gasteiger partial charge in [-0.3, -0.25) is 19.2 Å². The van der Waals surface area contributed by atoms with Crippen LogP contribution >= 0.6 is 0 Å². The van der Waals surface area contributed by atoms with E-state index in [1.165, 1.54) is 4.90 Å². The molecule has 2 aliphatic carbocycles. The van der Waals surface area contributed by atoms with Crippen LogP contribution in [-0.2, 0) is 19.2 Å². The molecule has 39 heavy (non-hydrogen) atoms. The Kier molecular flexibility index (Phi) is 8.62. The first kappa shape index (κ1) is 30.7. The van der Waals surface area contributed by atoms with Gasteiger partial charge in [-0.1, -0.05) is 33.1 Å². The molecule has 5 atom stereocenters. The molecule has 1 unspecified atom stereocenters. The zero-order valence-corrected chi connectivity index (χ0v) is 23.1. The highest BCUT2D eigenvalue weighted by atomic mass is 19.4. The number of nitrogens with one attached hydrogen (secondary N) is 3. The zero-order valence-electron chi connectivity index (χ0n) is 23.1. The molecule has 3 fully saturated rings. The number of ketones is 1. The standard InChI is InChI=1S/C26H40F3N5O5/c1-24(2,3)33-23(39)32-17(13-9-7-6-8-10-13)22(38)34-12-14-16(25(14,4)5)18(34)21(37)31-15(11-26(27,28)29)19(35)20(30)36/h13-18H,6-12H2,1-5H3,(H2,30,36)(H,31,37)(H2,32,33,39)/t14-,15?,16-,17-,18-/m0/s1. The predicted octanol–water partition coefficient (Wildman–Crippen LogP) is 2.01. The highest BCUT2D eigenvalue weighted by molar-refractivity contribution is 6.37. The smallest absolute Gasteiger partial charge is 0.363 e. The number of urea groups is 1. The van der Waals surface area contributed by atoms with Gasteiger partial charge in [0.05, 0.1) is 6.42 Å². The summed E-state index contributed by atoms with van der Waals surface area (Å²) < 4.78 is 39.5. The number of Topliss-reactive ketones (excluding diaryl/α,β-unsaturated/α-hetero) is 1. The number of primary amides is 1. The molecule has 3 aliphatic rings. The molecule has 0 aromatic rings. The molecule has 10 nitrogen and oxygen atoms in total. The number of carbonyl (C=O) groups is 5. The van der Waals surface area contributed by atoms with Gasteiger partial charge in [-0.2, -0.15) is 13.2 Å². The number of amides is 5. The minimum atomic E-state index is -4.86. The van der Waals surface area contributed by atoms with Crippen molar-refractivity contribution in [3.63, 3.8) is 0 Å². The summed E-state index contributed by atoms with van der Waals surface area (Å²) in [6.07, 6.45) is -2.44. The monoisotopic (exact) mass is 559 g/mol. The fourth-order valence-corrected chi connectivity index (χ4v) is 6.23. The van der Waals surface area contributed by atoms with E-state index in [-0.39, 0.29) is 29.7 Å². The number of hydrogen-bond donors (Lipinski definition) is 4. The molecule has 1 saturated heterocycles. The van der Waals surface area contributed by atoms with Crippen molar-refractivity contribution in [3.05, 3.63) is 0 Å². The molecule has 0 spiro atoms. The molecule has 0 aromatic heterocycles. The van der Waals surface area contributed by atoms with Crippen LogP contribution in [0.5, 0.6) is 0 Å². The average Bonchev–Trinajstić information content (AvgIpc) is 3.14. The number of likely N-dealkylation sites (tertiary alicyclic amines) is 1. The van der Waals surface area contributed by atoms with Crippen molar-refractivity contribution in [2.24, 2.45) is 28.9 Å². The van der Waals surface area contributed by atoms with Crippen molar-refractivity contribution in [3.8, 4) is 0 Å². The molecular formula is C26H40F3N5O5. The number of fused-ring (bicyclic) bond motifs is 1. The van der Waals surface area contributed by atoms with E-state index in [0.29, 0.717) is 12.8 Å². The van der Waals surface area contributed by atoms with Gasteiger partial charge in [0.25, 0.3) is 5.91 Å². The van der Waals surface area contributed by atoms with Crippen LogP contribution in [0.25, 0.3) is 0 Å². The van der Waals surface area contributed by atoms with E-state index in [0.717, 1.165) is 19.3 Å². The van der Waals surface area contributed by atoms with E-state index < -0.39 is 65.8 Å². The van der Waals surface area contributed by atoms with Crippen molar-refractivity contribution in [2.45, 2.75) is 103 Å². The van der Waals surface area contributed by atoms with E-state index >= 15 is 0 Å². The van der Waals surface area contributed by atoms with Gasteiger partial charge in [-0.25, -0.2) is 4.79 Å². The number of alkyl halides is 3. The molecule has 0 radical (unpaired) electrons. The van der Waals surface area contributed by atoms with E-state index in [2.05, 4.69) is 16.0 Å². The fraction of sp³-hybridized carbons (Fsp3) is 0.808. The number of piperidine rings is 1. The van der Waals surface area contributed by atoms with E-state index in [9.17, 15) is 37.1 Å². The van der Waals surface area contributed by atoms with Gasteiger partial charge in [-0.15, -0.1) is 0 Å². The molecule has 0 bridgehead atoms. The molecule has 13 heteroatoms. The molecule has 2 saturated carbocycles. The summed E-state index contributed by atoms with van der Waals surface area (Å²) in [5, 5.41) is 7.64. The topological polar surface area (TPSA) is 151 Å². The number of rotatable bonds is 8. The van der Waals surface area contributed by atoms with Gasteiger partial charge in [0, 0.05) is 12.1 Å². The predicted molar refractivity (Wildman–Crippen MR) is 135 cm³/mol. The summed E-state index contributed by atoms with van der Waals surface area (Å²) in [5.41, 5.74) is 4.01. The third kappa shape index (κ3) is 7.21. The lowest BCUT2D eigenvalue weighted by Crippen LogP contribution is -2.61. The quantitative estimate of drug-likeness (QED) is 0.336. The van der Waals surface area contributed by atoms with Crippen molar-refractivity contribution >= 4 is 29.5 Å². The molecule has 1 heterocycles. The number of hydrogen-bond acceptors (Lipinski definition) is 5. The number of carbonyl (C=O) groups excluding carboxylic acids is 5. The van der Waals surface area contributed by atoms with Crippen LogP contribution in [0.15, 0.2) is 0 Å². The van der Waals surface area contributed by atoms with Gasteiger partial charge in [0.15, 0.2) is 0 Å². The Morgan fingerprint density at radius 2 is 1.59 bits per heavy atom. The van der Waals surface area contributed by atoms with Crippen LogP contribution in [-0.4, -0.2) is 70.8 Å². The maximum atomic E-state index is 14.0. The first-order chi connectivity index (χ1) is 17.8. The van der Waals surface area contributed by atoms with E-state index in [1.807, 2.05) is 13.8 Å². The number of nitrogens with two attached hydrogens (primary N) is 1. The van der Waals surface area contributed by atoms with E-state index in [4.69, 9.17) is 5.73 Å². The molecule has 5 N–H and O–H groups in total. The molecule has 0 aromatic carbocycles. The summed E-state index contributed by atoms with van der Waals surface area (Å²) in [4.78, 5) is 65.0. The van der Waals surface area contributed by atoms with Crippen molar-refractivity contribution in [2.75, 3.05) is 6.54 Å². The molecule has 3 rings (SSSR count). The lowest BCUT2D eigenvalue weighted by atomic mass is 9.83. The fourth-order valence-electron chi connectivity index (χ4n) is 6.23. The van der Waals surface area contributed by atoms with Crippen LogP contribution in [0, 0.1) is 23.2 Å². The van der Waals surface area contributed by atoms with Crippen LogP contribution in [0.4, 0.5) is 18.0 Å². The third-order valence-electron chi connectivity index (χ3n) is 8.23. The van der Waals surface area contributed by atoms with Crippen molar-refractivity contribution in [1.82, 2.24) is 20.9 Å². The Balaban J connectivity index is 1.88. The lowest BCUT2D eigenvalue weighted by Gasteiger charge is -2.37. The highest BCUT2D eigenvalue weighted by Gasteiger charge is 2.69. The molecular weight excluding hydrogens is 519 g/mol.